The van der Waals surface area contributed by atoms with Crippen molar-refractivity contribution >= 4 is 5.65 Å². The highest BCUT2D eigenvalue weighted by Gasteiger charge is 2.32. The van der Waals surface area contributed by atoms with E-state index in [2.05, 4.69) is 15.0 Å². The standard InChI is InChI=1S/C19H13F3N4O/c1-27-18-7-4-13(9-25-18)15-10-24-17-6-3-14(11-26(15)17)12-2-5-16(23-8-12)19(20,21)22/h2-11H,1H3. The topological polar surface area (TPSA) is 52.3 Å². The minimum atomic E-state index is -4.46. The molecule has 27 heavy (non-hydrogen) atoms. The van der Waals surface area contributed by atoms with E-state index in [9.17, 15) is 13.2 Å². The summed E-state index contributed by atoms with van der Waals surface area (Å²) in [6.07, 6.45) is 1.96. The molecule has 0 fully saturated rings. The van der Waals surface area contributed by atoms with Gasteiger partial charge in [-0.3, -0.25) is 9.38 Å². The third kappa shape index (κ3) is 3.21. The van der Waals surface area contributed by atoms with Crippen LogP contribution in [0.5, 0.6) is 5.88 Å². The molecule has 0 spiro atoms. The molecule has 0 aliphatic rings. The highest BCUT2D eigenvalue weighted by molar-refractivity contribution is 5.68. The number of imidazole rings is 1. The van der Waals surface area contributed by atoms with Crippen molar-refractivity contribution in [2.75, 3.05) is 7.11 Å². The predicted molar refractivity (Wildman–Crippen MR) is 93.2 cm³/mol. The van der Waals surface area contributed by atoms with Crippen LogP contribution < -0.4 is 4.74 Å². The molecule has 4 aromatic heterocycles. The molecule has 136 valence electrons. The fraction of sp³-hybridized carbons (Fsp3) is 0.105. The maximum Gasteiger partial charge on any atom is 0.433 e. The summed E-state index contributed by atoms with van der Waals surface area (Å²) in [5, 5.41) is 0. The zero-order valence-corrected chi connectivity index (χ0v) is 14.1. The molecule has 0 aliphatic heterocycles. The third-order valence-electron chi connectivity index (χ3n) is 4.13. The van der Waals surface area contributed by atoms with Gasteiger partial charge in [-0.2, -0.15) is 13.2 Å². The lowest BCUT2D eigenvalue weighted by Gasteiger charge is -2.08. The van der Waals surface area contributed by atoms with E-state index in [1.54, 1.807) is 37.7 Å². The molecule has 4 rings (SSSR count). The predicted octanol–water partition coefficient (Wildman–Crippen LogP) is 4.49. The maximum atomic E-state index is 12.7. The zero-order valence-electron chi connectivity index (χ0n) is 14.1. The molecule has 0 unspecified atom stereocenters. The summed E-state index contributed by atoms with van der Waals surface area (Å²) < 4.78 is 45.0. The summed E-state index contributed by atoms with van der Waals surface area (Å²) >= 11 is 0. The van der Waals surface area contributed by atoms with Crippen LogP contribution in [0.15, 0.2) is 61.2 Å². The molecule has 8 heteroatoms. The normalized spacial score (nSPS) is 11.7. The van der Waals surface area contributed by atoms with Gasteiger partial charge in [0.15, 0.2) is 0 Å². The summed E-state index contributed by atoms with van der Waals surface area (Å²) in [7, 11) is 1.54. The van der Waals surface area contributed by atoms with Gasteiger partial charge in [0.05, 0.1) is 19.0 Å². The molecule has 0 aliphatic carbocycles. The molecular formula is C19H13F3N4O. The van der Waals surface area contributed by atoms with Crippen molar-refractivity contribution in [2.45, 2.75) is 6.18 Å². The SMILES string of the molecule is COc1ccc(-c2cnc3ccc(-c4ccc(C(F)(F)F)nc4)cn23)cn1. The lowest BCUT2D eigenvalue weighted by molar-refractivity contribution is -0.141. The molecule has 4 heterocycles. The summed E-state index contributed by atoms with van der Waals surface area (Å²) in [4.78, 5) is 12.1. The first-order chi connectivity index (χ1) is 13.0. The van der Waals surface area contributed by atoms with Crippen molar-refractivity contribution in [1.82, 2.24) is 19.4 Å². The smallest absolute Gasteiger partial charge is 0.433 e. The number of hydrogen-bond acceptors (Lipinski definition) is 4. The average molecular weight is 370 g/mol. The number of fused-ring (bicyclic) bond motifs is 1. The number of aromatic nitrogens is 4. The van der Waals surface area contributed by atoms with Crippen LogP contribution in [0.25, 0.3) is 28.0 Å². The molecule has 5 nitrogen and oxygen atoms in total. The number of pyridine rings is 3. The number of alkyl halides is 3. The molecule has 0 amide bonds. The van der Waals surface area contributed by atoms with Gasteiger partial charge in [-0.15, -0.1) is 0 Å². The van der Waals surface area contributed by atoms with E-state index < -0.39 is 11.9 Å². The largest absolute Gasteiger partial charge is 0.481 e. The molecule has 0 saturated heterocycles. The molecule has 0 atom stereocenters. The van der Waals surface area contributed by atoms with Crippen molar-refractivity contribution in [3.63, 3.8) is 0 Å². The fourth-order valence-electron chi connectivity index (χ4n) is 2.75. The first-order valence-corrected chi connectivity index (χ1v) is 7.97. The highest BCUT2D eigenvalue weighted by Crippen LogP contribution is 2.30. The van der Waals surface area contributed by atoms with E-state index in [4.69, 9.17) is 4.74 Å². The fourth-order valence-corrected chi connectivity index (χ4v) is 2.75. The lowest BCUT2D eigenvalue weighted by atomic mass is 10.1. The number of rotatable bonds is 3. The second-order valence-corrected chi connectivity index (χ2v) is 5.81. The van der Waals surface area contributed by atoms with E-state index in [1.165, 1.54) is 12.3 Å². The first kappa shape index (κ1) is 17.0. The summed E-state index contributed by atoms with van der Waals surface area (Å²) in [6, 6.07) is 9.58. The van der Waals surface area contributed by atoms with Gasteiger partial charge in [-0.25, -0.2) is 9.97 Å². The molecule has 0 radical (unpaired) electrons. The minimum Gasteiger partial charge on any atom is -0.481 e. The number of ether oxygens (including phenoxy) is 1. The third-order valence-corrected chi connectivity index (χ3v) is 4.13. The Morgan fingerprint density at radius 1 is 0.815 bits per heavy atom. The van der Waals surface area contributed by atoms with Gasteiger partial charge in [0, 0.05) is 41.3 Å². The maximum absolute atomic E-state index is 12.7. The van der Waals surface area contributed by atoms with Gasteiger partial charge < -0.3 is 4.74 Å². The quantitative estimate of drug-likeness (QED) is 0.533. The van der Waals surface area contributed by atoms with Gasteiger partial charge in [0.2, 0.25) is 5.88 Å². The molecule has 4 aromatic rings. The molecule has 0 N–H and O–H groups in total. The van der Waals surface area contributed by atoms with E-state index in [0.29, 0.717) is 17.1 Å². The summed E-state index contributed by atoms with van der Waals surface area (Å²) in [6.45, 7) is 0. The Hall–Kier alpha value is -3.42. The Morgan fingerprint density at radius 2 is 1.56 bits per heavy atom. The van der Waals surface area contributed by atoms with Gasteiger partial charge >= 0.3 is 6.18 Å². The van der Waals surface area contributed by atoms with Gasteiger partial charge in [-0.05, 0) is 24.3 Å². The number of nitrogens with zero attached hydrogens (tertiary/aromatic N) is 4. The molecule has 0 saturated carbocycles. The van der Waals surface area contributed by atoms with E-state index >= 15 is 0 Å². The van der Waals surface area contributed by atoms with Crippen LogP contribution in [0.2, 0.25) is 0 Å². The van der Waals surface area contributed by atoms with E-state index in [0.717, 1.165) is 22.9 Å². The van der Waals surface area contributed by atoms with Gasteiger partial charge in [0.1, 0.15) is 11.3 Å². The van der Waals surface area contributed by atoms with E-state index in [-0.39, 0.29) is 0 Å². The molecule has 0 bridgehead atoms. The lowest BCUT2D eigenvalue weighted by Crippen LogP contribution is -2.07. The van der Waals surface area contributed by atoms with E-state index in [1.807, 2.05) is 16.7 Å². The first-order valence-electron chi connectivity index (χ1n) is 7.97. The average Bonchev–Trinajstić information content (AvgIpc) is 3.10. The van der Waals surface area contributed by atoms with Crippen molar-refractivity contribution in [1.29, 1.82) is 0 Å². The van der Waals surface area contributed by atoms with Crippen molar-refractivity contribution in [3.8, 4) is 28.3 Å². The Balaban J connectivity index is 1.75. The molecule has 0 aromatic carbocycles. The van der Waals surface area contributed by atoms with Crippen LogP contribution in [0.3, 0.4) is 0 Å². The monoisotopic (exact) mass is 370 g/mol. The Bertz CT molecular complexity index is 1090. The van der Waals surface area contributed by atoms with Crippen molar-refractivity contribution in [3.05, 3.63) is 66.9 Å². The summed E-state index contributed by atoms with van der Waals surface area (Å²) in [5.74, 6) is 0.504. The zero-order chi connectivity index (χ0) is 19.0. The Labute approximate surface area is 152 Å². The van der Waals surface area contributed by atoms with Crippen LogP contribution in [0.4, 0.5) is 13.2 Å². The highest BCUT2D eigenvalue weighted by atomic mass is 19.4. The van der Waals surface area contributed by atoms with Gasteiger partial charge in [-0.1, -0.05) is 6.07 Å². The van der Waals surface area contributed by atoms with Crippen LogP contribution in [0.1, 0.15) is 5.69 Å². The number of halogens is 3. The number of methoxy groups -OCH3 is 1. The van der Waals surface area contributed by atoms with Crippen molar-refractivity contribution < 1.29 is 17.9 Å². The van der Waals surface area contributed by atoms with Crippen LogP contribution in [-0.4, -0.2) is 26.5 Å². The van der Waals surface area contributed by atoms with Gasteiger partial charge in [0.25, 0.3) is 0 Å². The Morgan fingerprint density at radius 3 is 2.19 bits per heavy atom. The van der Waals surface area contributed by atoms with Crippen LogP contribution >= 0.6 is 0 Å². The minimum absolute atomic E-state index is 0.504. The second-order valence-electron chi connectivity index (χ2n) is 5.81. The Kier molecular flexibility index (Phi) is 4.02. The number of hydrogen-bond donors (Lipinski definition) is 0. The summed E-state index contributed by atoms with van der Waals surface area (Å²) in [5.41, 5.74) is 2.75. The second kappa shape index (κ2) is 6.39. The molecular weight excluding hydrogens is 357 g/mol. The van der Waals surface area contributed by atoms with Crippen LogP contribution in [-0.2, 0) is 6.18 Å². The van der Waals surface area contributed by atoms with Crippen molar-refractivity contribution in [2.24, 2.45) is 0 Å². The van der Waals surface area contributed by atoms with Crippen LogP contribution in [0, 0.1) is 0 Å².